The first-order valence-electron chi connectivity index (χ1n) is 6.78. The second kappa shape index (κ2) is 6.11. The number of benzene rings is 3. The van der Waals surface area contributed by atoms with Crippen molar-refractivity contribution in [2.24, 2.45) is 0 Å². The molecule has 0 aromatic heterocycles. The van der Waals surface area contributed by atoms with Crippen LogP contribution in [0.2, 0.25) is 5.02 Å². The van der Waals surface area contributed by atoms with E-state index in [1.165, 1.54) is 0 Å². The van der Waals surface area contributed by atoms with E-state index < -0.39 is 0 Å². The Bertz CT molecular complexity index is 863. The van der Waals surface area contributed by atoms with Gasteiger partial charge < -0.3 is 4.90 Å². The molecule has 22 heavy (non-hydrogen) atoms. The van der Waals surface area contributed by atoms with Crippen LogP contribution >= 0.6 is 27.5 Å². The molecule has 0 radical (unpaired) electrons. The SMILES string of the molecule is CN(C(=O)c1ccc2ccccc2c1)c1ccc(Br)cc1Cl. The summed E-state index contributed by atoms with van der Waals surface area (Å²) >= 11 is 9.59. The summed E-state index contributed by atoms with van der Waals surface area (Å²) in [4.78, 5) is 14.2. The minimum atomic E-state index is -0.0880. The molecule has 4 heteroatoms. The van der Waals surface area contributed by atoms with Gasteiger partial charge in [-0.3, -0.25) is 4.79 Å². The van der Waals surface area contributed by atoms with E-state index in [4.69, 9.17) is 11.6 Å². The summed E-state index contributed by atoms with van der Waals surface area (Å²) in [5.41, 5.74) is 1.32. The van der Waals surface area contributed by atoms with E-state index in [1.54, 1.807) is 18.0 Å². The zero-order valence-electron chi connectivity index (χ0n) is 11.9. The van der Waals surface area contributed by atoms with E-state index in [1.807, 2.05) is 54.6 Å². The lowest BCUT2D eigenvalue weighted by atomic mass is 10.1. The molecule has 0 heterocycles. The van der Waals surface area contributed by atoms with Gasteiger partial charge in [-0.1, -0.05) is 57.9 Å². The van der Waals surface area contributed by atoms with Crippen molar-refractivity contribution in [3.63, 3.8) is 0 Å². The van der Waals surface area contributed by atoms with Gasteiger partial charge in [-0.15, -0.1) is 0 Å². The highest BCUT2D eigenvalue weighted by Crippen LogP contribution is 2.29. The highest BCUT2D eigenvalue weighted by atomic mass is 79.9. The molecule has 0 saturated heterocycles. The average molecular weight is 375 g/mol. The largest absolute Gasteiger partial charge is 0.310 e. The first-order valence-corrected chi connectivity index (χ1v) is 7.95. The molecule has 0 N–H and O–H groups in total. The van der Waals surface area contributed by atoms with Gasteiger partial charge in [-0.2, -0.15) is 0 Å². The van der Waals surface area contributed by atoms with Gasteiger partial charge in [-0.05, 0) is 41.1 Å². The van der Waals surface area contributed by atoms with Crippen LogP contribution in [0, 0.1) is 0 Å². The minimum absolute atomic E-state index is 0.0880. The smallest absolute Gasteiger partial charge is 0.258 e. The topological polar surface area (TPSA) is 20.3 Å². The van der Waals surface area contributed by atoms with Crippen LogP contribution in [-0.2, 0) is 0 Å². The summed E-state index contributed by atoms with van der Waals surface area (Å²) < 4.78 is 0.882. The van der Waals surface area contributed by atoms with Gasteiger partial charge in [0.15, 0.2) is 0 Å². The molecule has 0 aliphatic carbocycles. The number of hydrogen-bond acceptors (Lipinski definition) is 1. The summed E-state index contributed by atoms with van der Waals surface area (Å²) in [7, 11) is 1.73. The van der Waals surface area contributed by atoms with Crippen LogP contribution in [-0.4, -0.2) is 13.0 Å². The molecule has 0 atom stereocenters. The van der Waals surface area contributed by atoms with E-state index in [9.17, 15) is 4.79 Å². The average Bonchev–Trinajstić information content (AvgIpc) is 2.53. The highest BCUT2D eigenvalue weighted by molar-refractivity contribution is 9.10. The normalized spacial score (nSPS) is 10.7. The number of fused-ring (bicyclic) bond motifs is 1. The zero-order valence-corrected chi connectivity index (χ0v) is 14.2. The standard InChI is InChI=1S/C18H13BrClNO/c1-21(17-9-8-15(19)11-16(17)20)18(22)14-7-6-12-4-2-3-5-13(12)10-14/h2-11H,1H3. The van der Waals surface area contributed by atoms with Crippen molar-refractivity contribution >= 4 is 49.9 Å². The Morgan fingerprint density at radius 1 is 1.00 bits per heavy atom. The first-order chi connectivity index (χ1) is 10.6. The quantitative estimate of drug-likeness (QED) is 0.577. The Morgan fingerprint density at radius 2 is 1.73 bits per heavy atom. The van der Waals surface area contributed by atoms with Gasteiger partial charge >= 0.3 is 0 Å². The van der Waals surface area contributed by atoms with Gasteiger partial charge in [0.2, 0.25) is 0 Å². The number of amides is 1. The van der Waals surface area contributed by atoms with Gasteiger partial charge in [0.25, 0.3) is 5.91 Å². The highest BCUT2D eigenvalue weighted by Gasteiger charge is 2.16. The molecule has 0 aliphatic heterocycles. The second-order valence-corrected chi connectivity index (χ2v) is 6.34. The van der Waals surface area contributed by atoms with Crippen molar-refractivity contribution in [2.45, 2.75) is 0 Å². The fourth-order valence-electron chi connectivity index (χ4n) is 2.38. The molecule has 0 aliphatic rings. The van der Waals surface area contributed by atoms with E-state index in [-0.39, 0.29) is 5.91 Å². The predicted octanol–water partition coefficient (Wildman–Crippen LogP) is 5.53. The van der Waals surface area contributed by atoms with Crippen molar-refractivity contribution < 1.29 is 4.79 Å². The van der Waals surface area contributed by atoms with E-state index in [0.29, 0.717) is 16.3 Å². The molecular formula is C18H13BrClNO. The maximum Gasteiger partial charge on any atom is 0.258 e. The van der Waals surface area contributed by atoms with Crippen LogP contribution in [0.4, 0.5) is 5.69 Å². The predicted molar refractivity (Wildman–Crippen MR) is 95.8 cm³/mol. The minimum Gasteiger partial charge on any atom is -0.310 e. The molecule has 3 rings (SSSR count). The number of carbonyl (C=O) groups excluding carboxylic acids is 1. The number of nitrogens with zero attached hydrogens (tertiary/aromatic N) is 1. The van der Waals surface area contributed by atoms with Crippen LogP contribution in [0.5, 0.6) is 0 Å². The molecule has 0 unspecified atom stereocenters. The molecule has 1 amide bonds. The molecule has 0 bridgehead atoms. The molecule has 0 spiro atoms. The van der Waals surface area contributed by atoms with Gasteiger partial charge in [0.05, 0.1) is 10.7 Å². The lowest BCUT2D eigenvalue weighted by molar-refractivity contribution is 0.0993. The Hall–Kier alpha value is -1.84. The van der Waals surface area contributed by atoms with Crippen molar-refractivity contribution in [3.8, 4) is 0 Å². The molecular weight excluding hydrogens is 362 g/mol. The fourth-order valence-corrected chi connectivity index (χ4v) is 3.18. The zero-order chi connectivity index (χ0) is 15.7. The summed E-state index contributed by atoms with van der Waals surface area (Å²) in [5, 5.41) is 2.69. The monoisotopic (exact) mass is 373 g/mol. The van der Waals surface area contributed by atoms with Crippen LogP contribution in [0.15, 0.2) is 65.1 Å². The van der Waals surface area contributed by atoms with Crippen LogP contribution in [0.25, 0.3) is 10.8 Å². The summed E-state index contributed by atoms with van der Waals surface area (Å²) in [6.45, 7) is 0. The van der Waals surface area contributed by atoms with Crippen LogP contribution < -0.4 is 4.90 Å². The number of halogens is 2. The summed E-state index contributed by atoms with van der Waals surface area (Å²) in [6, 6.07) is 19.1. The molecule has 3 aromatic rings. The van der Waals surface area contributed by atoms with Gasteiger partial charge in [0.1, 0.15) is 0 Å². The Balaban J connectivity index is 1.97. The number of anilines is 1. The van der Waals surface area contributed by atoms with E-state index in [2.05, 4.69) is 15.9 Å². The van der Waals surface area contributed by atoms with Crippen molar-refractivity contribution in [1.82, 2.24) is 0 Å². The summed E-state index contributed by atoms with van der Waals surface area (Å²) in [5.74, 6) is -0.0880. The third-order valence-electron chi connectivity index (χ3n) is 3.57. The summed E-state index contributed by atoms with van der Waals surface area (Å²) in [6.07, 6.45) is 0. The third-order valence-corrected chi connectivity index (χ3v) is 4.37. The number of rotatable bonds is 2. The molecule has 0 fully saturated rings. The molecule has 0 saturated carbocycles. The van der Waals surface area contributed by atoms with E-state index >= 15 is 0 Å². The maximum absolute atomic E-state index is 12.7. The Morgan fingerprint density at radius 3 is 2.45 bits per heavy atom. The maximum atomic E-state index is 12.7. The van der Waals surface area contributed by atoms with E-state index in [0.717, 1.165) is 15.2 Å². The van der Waals surface area contributed by atoms with Crippen LogP contribution in [0.3, 0.4) is 0 Å². The van der Waals surface area contributed by atoms with Crippen molar-refractivity contribution in [3.05, 3.63) is 75.7 Å². The van der Waals surface area contributed by atoms with Crippen molar-refractivity contribution in [1.29, 1.82) is 0 Å². The van der Waals surface area contributed by atoms with Crippen LogP contribution in [0.1, 0.15) is 10.4 Å². The van der Waals surface area contributed by atoms with Crippen molar-refractivity contribution in [2.75, 3.05) is 11.9 Å². The number of carbonyl (C=O) groups is 1. The van der Waals surface area contributed by atoms with Gasteiger partial charge in [0, 0.05) is 17.1 Å². The molecule has 2 nitrogen and oxygen atoms in total. The lowest BCUT2D eigenvalue weighted by Gasteiger charge is -2.19. The fraction of sp³-hybridized carbons (Fsp3) is 0.0556. The Kier molecular flexibility index (Phi) is 4.19. The van der Waals surface area contributed by atoms with Gasteiger partial charge in [-0.25, -0.2) is 0 Å². The number of hydrogen-bond donors (Lipinski definition) is 0. The first kappa shape index (κ1) is 15.1. The lowest BCUT2D eigenvalue weighted by Crippen LogP contribution is -2.26. The second-order valence-electron chi connectivity index (χ2n) is 5.02. The Labute approximate surface area is 142 Å². The third kappa shape index (κ3) is 2.87. The molecule has 3 aromatic carbocycles. The molecule has 110 valence electrons.